The van der Waals surface area contributed by atoms with Crippen molar-refractivity contribution in [3.8, 4) is 0 Å². The van der Waals surface area contributed by atoms with E-state index in [2.05, 4.69) is 12.3 Å². The van der Waals surface area contributed by atoms with Crippen molar-refractivity contribution >= 4 is 5.91 Å². The molecule has 1 amide bonds. The summed E-state index contributed by atoms with van der Waals surface area (Å²) in [5, 5.41) is 0. The van der Waals surface area contributed by atoms with Crippen LogP contribution in [0.15, 0.2) is 24.5 Å². The minimum Gasteiger partial charge on any atom is -0.273 e. The highest BCUT2D eigenvalue weighted by atomic mass is 16.2. The zero-order valence-corrected chi connectivity index (χ0v) is 7.73. The predicted octanol–water partition coefficient (Wildman–Crippen LogP) is 1.60. The van der Waals surface area contributed by atoms with E-state index in [0.29, 0.717) is 0 Å². The van der Waals surface area contributed by atoms with E-state index >= 15 is 0 Å². The monoisotopic (exact) mass is 178 g/mol. The average Bonchev–Trinajstić information content (AvgIpc) is 2.51. The van der Waals surface area contributed by atoms with Gasteiger partial charge in [-0.25, -0.2) is 0 Å². The van der Waals surface area contributed by atoms with Crippen molar-refractivity contribution in [3.63, 3.8) is 0 Å². The molecule has 1 fully saturated rings. The lowest BCUT2D eigenvalue weighted by Gasteiger charge is -2.31. The maximum absolute atomic E-state index is 11.5. The third-order valence-corrected chi connectivity index (χ3v) is 2.59. The minimum atomic E-state index is 0.148. The summed E-state index contributed by atoms with van der Waals surface area (Å²) in [6.07, 6.45) is 5.74. The van der Waals surface area contributed by atoms with Gasteiger partial charge >= 0.3 is 0 Å². The Morgan fingerprint density at radius 2 is 2.00 bits per heavy atom. The van der Waals surface area contributed by atoms with Gasteiger partial charge in [-0.1, -0.05) is 6.92 Å². The summed E-state index contributed by atoms with van der Waals surface area (Å²) in [7, 11) is 0. The van der Waals surface area contributed by atoms with Crippen LogP contribution in [0.1, 0.15) is 19.8 Å². The molecule has 1 heterocycles. The Kier molecular flexibility index (Phi) is 2.08. The molecule has 0 aliphatic heterocycles. The average molecular weight is 178 g/mol. The quantitative estimate of drug-likeness (QED) is 0.733. The first-order chi connectivity index (χ1) is 6.25. The van der Waals surface area contributed by atoms with Crippen LogP contribution in [0.3, 0.4) is 0 Å². The van der Waals surface area contributed by atoms with Crippen molar-refractivity contribution in [2.45, 2.75) is 19.8 Å². The van der Waals surface area contributed by atoms with Crippen LogP contribution in [0.25, 0.3) is 0 Å². The number of amides is 1. The maximum atomic E-state index is 11.5. The van der Waals surface area contributed by atoms with E-state index in [0.717, 1.165) is 18.8 Å². The molecule has 0 aromatic carbocycles. The molecule has 1 saturated carbocycles. The van der Waals surface area contributed by atoms with Gasteiger partial charge < -0.3 is 0 Å². The topological polar surface area (TPSA) is 34.0 Å². The Morgan fingerprint density at radius 3 is 2.54 bits per heavy atom. The second-order valence-electron chi connectivity index (χ2n) is 3.84. The summed E-state index contributed by atoms with van der Waals surface area (Å²) in [6, 6.07) is 3.79. The molecular weight excluding hydrogens is 164 g/mol. The van der Waals surface area contributed by atoms with Crippen LogP contribution in [-0.4, -0.2) is 10.6 Å². The molecule has 1 aromatic rings. The van der Waals surface area contributed by atoms with E-state index in [1.807, 2.05) is 24.5 Å². The molecule has 0 unspecified atom stereocenters. The van der Waals surface area contributed by atoms with Crippen LogP contribution in [0.4, 0.5) is 0 Å². The zero-order valence-electron chi connectivity index (χ0n) is 7.73. The molecule has 3 nitrogen and oxygen atoms in total. The number of carbonyl (C=O) groups is 1. The fraction of sp³-hybridized carbons (Fsp3) is 0.500. The van der Waals surface area contributed by atoms with Crippen LogP contribution >= 0.6 is 0 Å². The first-order valence-electron chi connectivity index (χ1n) is 4.69. The van der Waals surface area contributed by atoms with Crippen molar-refractivity contribution in [3.05, 3.63) is 24.5 Å². The number of nitrogens with zero attached hydrogens (tertiary/aromatic N) is 1. The van der Waals surface area contributed by atoms with Crippen LogP contribution < -0.4 is 5.43 Å². The van der Waals surface area contributed by atoms with E-state index in [4.69, 9.17) is 0 Å². The Hall–Kier alpha value is -1.25. The normalized spacial score (nSPS) is 26.5. The molecule has 3 heteroatoms. The largest absolute Gasteiger partial charge is 0.273 e. The first-order valence-corrected chi connectivity index (χ1v) is 4.69. The summed E-state index contributed by atoms with van der Waals surface area (Å²) in [6.45, 7) is 2.18. The van der Waals surface area contributed by atoms with Gasteiger partial charge in [-0.2, -0.15) is 0 Å². The Balaban J connectivity index is 1.86. The SMILES string of the molecule is CC1CC(C(=O)Nn2cccc2)C1. The second kappa shape index (κ2) is 3.24. The Labute approximate surface area is 77.7 Å². The highest BCUT2D eigenvalue weighted by molar-refractivity contribution is 5.86. The standard InChI is InChI=1S/C10H14N2O/c1-8-6-9(7-8)10(13)11-12-4-2-3-5-12/h2-5,8-9H,6-7H2,1H3,(H,11,13). The third kappa shape index (κ3) is 1.74. The van der Waals surface area contributed by atoms with E-state index in [-0.39, 0.29) is 11.8 Å². The van der Waals surface area contributed by atoms with Crippen molar-refractivity contribution in [2.75, 3.05) is 5.43 Å². The van der Waals surface area contributed by atoms with Gasteiger partial charge in [0.25, 0.3) is 0 Å². The smallest absolute Gasteiger partial charge is 0.241 e. The number of rotatable bonds is 2. The third-order valence-electron chi connectivity index (χ3n) is 2.59. The maximum Gasteiger partial charge on any atom is 0.241 e. The molecular formula is C10H14N2O. The van der Waals surface area contributed by atoms with Gasteiger partial charge in [0.2, 0.25) is 5.91 Å². The second-order valence-corrected chi connectivity index (χ2v) is 3.84. The predicted molar refractivity (Wildman–Crippen MR) is 50.7 cm³/mol. The Bertz CT molecular complexity index is 286. The fourth-order valence-corrected chi connectivity index (χ4v) is 1.74. The van der Waals surface area contributed by atoms with Gasteiger partial charge in [0.15, 0.2) is 0 Å². The summed E-state index contributed by atoms with van der Waals surface area (Å²) < 4.78 is 1.70. The zero-order chi connectivity index (χ0) is 9.26. The lowest BCUT2D eigenvalue weighted by molar-refractivity contribution is -0.124. The van der Waals surface area contributed by atoms with E-state index in [1.54, 1.807) is 4.68 Å². The molecule has 1 aliphatic carbocycles. The molecule has 2 rings (SSSR count). The summed E-state index contributed by atoms with van der Waals surface area (Å²) in [4.78, 5) is 11.5. The van der Waals surface area contributed by atoms with Crippen LogP contribution in [0, 0.1) is 11.8 Å². The molecule has 0 radical (unpaired) electrons. The number of hydrogen-bond donors (Lipinski definition) is 1. The lowest BCUT2D eigenvalue weighted by Crippen LogP contribution is -2.36. The van der Waals surface area contributed by atoms with Gasteiger partial charge in [-0.3, -0.25) is 14.9 Å². The number of nitrogens with one attached hydrogen (secondary N) is 1. The molecule has 0 spiro atoms. The lowest BCUT2D eigenvalue weighted by atomic mass is 9.76. The van der Waals surface area contributed by atoms with E-state index in [9.17, 15) is 4.79 Å². The van der Waals surface area contributed by atoms with Gasteiger partial charge in [0.05, 0.1) is 0 Å². The molecule has 13 heavy (non-hydrogen) atoms. The van der Waals surface area contributed by atoms with E-state index < -0.39 is 0 Å². The molecule has 1 aliphatic rings. The number of carbonyl (C=O) groups excluding carboxylic acids is 1. The van der Waals surface area contributed by atoms with Gasteiger partial charge in [0, 0.05) is 18.3 Å². The fourth-order valence-electron chi connectivity index (χ4n) is 1.74. The molecule has 1 aromatic heterocycles. The van der Waals surface area contributed by atoms with Crippen molar-refractivity contribution in [2.24, 2.45) is 11.8 Å². The van der Waals surface area contributed by atoms with Crippen molar-refractivity contribution in [1.82, 2.24) is 4.68 Å². The first kappa shape index (κ1) is 8.35. The molecule has 0 atom stereocenters. The number of aromatic nitrogens is 1. The van der Waals surface area contributed by atoms with Crippen molar-refractivity contribution in [1.29, 1.82) is 0 Å². The Morgan fingerprint density at radius 1 is 1.38 bits per heavy atom. The molecule has 1 N–H and O–H groups in total. The molecule has 0 saturated heterocycles. The van der Waals surface area contributed by atoms with Gasteiger partial charge in [0.1, 0.15) is 0 Å². The van der Waals surface area contributed by atoms with Gasteiger partial charge in [-0.15, -0.1) is 0 Å². The van der Waals surface area contributed by atoms with E-state index in [1.165, 1.54) is 0 Å². The van der Waals surface area contributed by atoms with Gasteiger partial charge in [-0.05, 0) is 30.9 Å². The summed E-state index contributed by atoms with van der Waals surface area (Å²) >= 11 is 0. The highest BCUT2D eigenvalue weighted by Gasteiger charge is 2.31. The summed E-state index contributed by atoms with van der Waals surface area (Å²) in [5.41, 5.74) is 2.82. The van der Waals surface area contributed by atoms with Crippen LogP contribution in [-0.2, 0) is 4.79 Å². The van der Waals surface area contributed by atoms with Crippen LogP contribution in [0.5, 0.6) is 0 Å². The minimum absolute atomic E-state index is 0.148. The molecule has 70 valence electrons. The summed E-state index contributed by atoms with van der Waals surface area (Å²) in [5.74, 6) is 1.10. The molecule has 0 bridgehead atoms. The highest BCUT2D eigenvalue weighted by Crippen LogP contribution is 2.33. The van der Waals surface area contributed by atoms with Crippen LogP contribution in [0.2, 0.25) is 0 Å². The number of hydrogen-bond acceptors (Lipinski definition) is 1. The van der Waals surface area contributed by atoms with Crippen molar-refractivity contribution < 1.29 is 4.79 Å².